The first-order valence-electron chi connectivity index (χ1n) is 9.33. The molecule has 2 N–H and O–H groups in total. The Morgan fingerprint density at radius 3 is 2.50 bits per heavy atom. The molecule has 0 bridgehead atoms. The standard InChI is InChI=1S/C19H32NO3P/c1-2-3-15-23-24(21,19-7-5-4-6-8-19)16-22-18-11-9-17(10-12-18)13-14-20/h9-12,19H,2-8,13-16,20H2,1H3. The van der Waals surface area contributed by atoms with E-state index in [1.807, 2.05) is 24.3 Å². The molecule has 1 aromatic carbocycles. The Morgan fingerprint density at radius 1 is 1.17 bits per heavy atom. The van der Waals surface area contributed by atoms with Gasteiger partial charge in [-0.3, -0.25) is 4.57 Å². The van der Waals surface area contributed by atoms with E-state index in [2.05, 4.69) is 6.92 Å². The van der Waals surface area contributed by atoms with Gasteiger partial charge < -0.3 is 15.0 Å². The molecule has 1 aliphatic carbocycles. The van der Waals surface area contributed by atoms with Crippen LogP contribution in [0.25, 0.3) is 0 Å². The van der Waals surface area contributed by atoms with E-state index in [0.29, 0.717) is 13.2 Å². The lowest BCUT2D eigenvalue weighted by molar-refractivity contribution is 0.263. The summed E-state index contributed by atoms with van der Waals surface area (Å²) < 4.78 is 25.2. The summed E-state index contributed by atoms with van der Waals surface area (Å²) >= 11 is 0. The summed E-state index contributed by atoms with van der Waals surface area (Å²) in [6, 6.07) is 7.90. The molecule has 1 aliphatic rings. The molecule has 4 nitrogen and oxygen atoms in total. The van der Waals surface area contributed by atoms with Gasteiger partial charge in [-0.25, -0.2) is 0 Å². The SMILES string of the molecule is CCCCOP(=O)(COc1ccc(CCN)cc1)C1CCCCC1. The summed E-state index contributed by atoms with van der Waals surface area (Å²) in [5.41, 5.74) is 6.93. The molecule has 0 spiro atoms. The first-order chi connectivity index (χ1) is 11.7. The number of benzene rings is 1. The number of ether oxygens (including phenoxy) is 1. The highest BCUT2D eigenvalue weighted by Crippen LogP contribution is 2.56. The van der Waals surface area contributed by atoms with Gasteiger partial charge in [0.1, 0.15) is 5.75 Å². The zero-order valence-corrected chi connectivity index (χ0v) is 15.8. The fourth-order valence-electron chi connectivity index (χ4n) is 3.17. The second kappa shape index (κ2) is 10.2. The third-order valence-corrected chi connectivity index (χ3v) is 7.44. The zero-order valence-electron chi connectivity index (χ0n) is 14.9. The van der Waals surface area contributed by atoms with Gasteiger partial charge >= 0.3 is 0 Å². The predicted octanol–water partition coefficient (Wildman–Crippen LogP) is 4.95. The maximum Gasteiger partial charge on any atom is 0.242 e. The van der Waals surface area contributed by atoms with Crippen LogP contribution in [0, 0.1) is 0 Å². The van der Waals surface area contributed by atoms with Crippen molar-refractivity contribution in [2.75, 3.05) is 19.5 Å². The normalized spacial score (nSPS) is 18.2. The quantitative estimate of drug-likeness (QED) is 0.477. The smallest absolute Gasteiger partial charge is 0.242 e. The minimum Gasteiger partial charge on any atom is -0.484 e. The van der Waals surface area contributed by atoms with E-state index in [9.17, 15) is 4.57 Å². The van der Waals surface area contributed by atoms with Crippen LogP contribution in [0.3, 0.4) is 0 Å². The highest BCUT2D eigenvalue weighted by molar-refractivity contribution is 7.59. The third kappa shape index (κ3) is 5.91. The average Bonchev–Trinajstić information content (AvgIpc) is 2.62. The Labute approximate surface area is 146 Å². The summed E-state index contributed by atoms with van der Waals surface area (Å²) in [4.78, 5) is 0. The predicted molar refractivity (Wildman–Crippen MR) is 100 cm³/mol. The number of rotatable bonds is 10. The van der Waals surface area contributed by atoms with Crippen LogP contribution >= 0.6 is 7.37 Å². The first kappa shape index (κ1) is 19.5. The van der Waals surface area contributed by atoms with Crippen molar-refractivity contribution in [3.8, 4) is 5.75 Å². The zero-order chi connectivity index (χ0) is 17.3. The van der Waals surface area contributed by atoms with Gasteiger partial charge in [-0.05, 0) is 49.9 Å². The molecular weight excluding hydrogens is 321 g/mol. The summed E-state index contributed by atoms with van der Waals surface area (Å²) in [5.74, 6) is 0.755. The van der Waals surface area contributed by atoms with E-state index in [-0.39, 0.29) is 12.0 Å². The molecule has 0 heterocycles. The lowest BCUT2D eigenvalue weighted by atomic mass is 10.0. The minimum absolute atomic E-state index is 0.166. The van der Waals surface area contributed by atoms with Crippen LogP contribution in [0.2, 0.25) is 0 Å². The monoisotopic (exact) mass is 353 g/mol. The van der Waals surface area contributed by atoms with E-state index in [0.717, 1.165) is 50.7 Å². The van der Waals surface area contributed by atoms with Crippen LogP contribution in [0.1, 0.15) is 57.4 Å². The molecule has 5 heteroatoms. The Kier molecular flexibility index (Phi) is 8.31. The number of nitrogens with two attached hydrogens (primary N) is 1. The van der Waals surface area contributed by atoms with Crippen molar-refractivity contribution >= 4 is 7.37 Å². The first-order valence-corrected chi connectivity index (χ1v) is 11.2. The van der Waals surface area contributed by atoms with E-state index >= 15 is 0 Å². The second-order valence-corrected chi connectivity index (χ2v) is 9.36. The largest absolute Gasteiger partial charge is 0.484 e. The van der Waals surface area contributed by atoms with E-state index in [4.69, 9.17) is 15.0 Å². The Bertz CT molecular complexity index is 512. The Hall–Kier alpha value is -0.830. The maximum atomic E-state index is 13.4. The van der Waals surface area contributed by atoms with E-state index in [1.165, 1.54) is 12.0 Å². The van der Waals surface area contributed by atoms with Crippen molar-refractivity contribution < 1.29 is 13.8 Å². The van der Waals surface area contributed by atoms with Crippen molar-refractivity contribution in [1.29, 1.82) is 0 Å². The van der Waals surface area contributed by atoms with E-state index < -0.39 is 7.37 Å². The fourth-order valence-corrected chi connectivity index (χ4v) is 5.58. The molecular formula is C19H32NO3P. The molecule has 136 valence electrons. The summed E-state index contributed by atoms with van der Waals surface area (Å²) in [6.45, 7) is 3.33. The summed E-state index contributed by atoms with van der Waals surface area (Å²) in [5, 5.41) is 0. The fraction of sp³-hybridized carbons (Fsp3) is 0.684. The van der Waals surface area contributed by atoms with Crippen molar-refractivity contribution in [2.45, 2.75) is 63.9 Å². The van der Waals surface area contributed by atoms with Gasteiger partial charge in [0.15, 0.2) is 6.35 Å². The molecule has 0 aliphatic heterocycles. The van der Waals surface area contributed by atoms with Crippen molar-refractivity contribution in [3.05, 3.63) is 29.8 Å². The molecule has 0 amide bonds. The van der Waals surface area contributed by atoms with Crippen LogP contribution < -0.4 is 10.5 Å². The van der Waals surface area contributed by atoms with Gasteiger partial charge in [-0.2, -0.15) is 0 Å². The molecule has 0 aromatic heterocycles. The van der Waals surface area contributed by atoms with Crippen LogP contribution in [0.15, 0.2) is 24.3 Å². The third-order valence-electron chi connectivity index (χ3n) is 4.71. The van der Waals surface area contributed by atoms with Crippen LogP contribution in [0.4, 0.5) is 0 Å². The molecule has 1 saturated carbocycles. The van der Waals surface area contributed by atoms with Crippen molar-refractivity contribution in [1.82, 2.24) is 0 Å². The lowest BCUT2D eigenvalue weighted by Crippen LogP contribution is -2.19. The number of hydrogen-bond acceptors (Lipinski definition) is 4. The van der Waals surface area contributed by atoms with Crippen LogP contribution in [0.5, 0.6) is 5.75 Å². The topological polar surface area (TPSA) is 61.5 Å². The van der Waals surface area contributed by atoms with Gasteiger partial charge in [-0.1, -0.05) is 44.7 Å². The molecule has 1 atom stereocenters. The highest BCUT2D eigenvalue weighted by Gasteiger charge is 2.36. The van der Waals surface area contributed by atoms with Gasteiger partial charge in [0.2, 0.25) is 7.37 Å². The van der Waals surface area contributed by atoms with Gasteiger partial charge in [0.25, 0.3) is 0 Å². The van der Waals surface area contributed by atoms with Gasteiger partial charge in [0.05, 0.1) is 6.61 Å². The van der Waals surface area contributed by atoms with Crippen LogP contribution in [-0.2, 0) is 15.5 Å². The summed E-state index contributed by atoms with van der Waals surface area (Å²) in [6.07, 6.45) is 8.61. The van der Waals surface area contributed by atoms with Gasteiger partial charge in [0, 0.05) is 5.66 Å². The van der Waals surface area contributed by atoms with Crippen LogP contribution in [-0.4, -0.2) is 25.2 Å². The van der Waals surface area contributed by atoms with Gasteiger partial charge in [-0.15, -0.1) is 0 Å². The molecule has 2 rings (SSSR count). The molecule has 24 heavy (non-hydrogen) atoms. The second-order valence-electron chi connectivity index (χ2n) is 6.66. The molecule has 1 unspecified atom stereocenters. The Balaban J connectivity index is 1.97. The number of unbranched alkanes of at least 4 members (excludes halogenated alkanes) is 1. The molecule has 0 radical (unpaired) electrons. The van der Waals surface area contributed by atoms with E-state index in [1.54, 1.807) is 0 Å². The molecule has 1 aromatic rings. The average molecular weight is 353 g/mol. The Morgan fingerprint density at radius 2 is 1.88 bits per heavy atom. The highest BCUT2D eigenvalue weighted by atomic mass is 31.2. The molecule has 0 saturated heterocycles. The molecule has 1 fully saturated rings. The number of hydrogen-bond donors (Lipinski definition) is 1. The minimum atomic E-state index is -2.76. The lowest BCUT2D eigenvalue weighted by Gasteiger charge is -2.30. The maximum absolute atomic E-state index is 13.4. The van der Waals surface area contributed by atoms with Crippen molar-refractivity contribution in [2.24, 2.45) is 5.73 Å². The summed E-state index contributed by atoms with van der Waals surface area (Å²) in [7, 11) is -2.76. The van der Waals surface area contributed by atoms with Crippen molar-refractivity contribution in [3.63, 3.8) is 0 Å².